The van der Waals surface area contributed by atoms with Crippen LogP contribution in [0, 0.1) is 11.6 Å². The Morgan fingerprint density at radius 2 is 2.06 bits per heavy atom. The largest absolute Gasteiger partial charge is 0.341 e. The van der Waals surface area contributed by atoms with Crippen LogP contribution < -0.4 is 0 Å². The summed E-state index contributed by atoms with van der Waals surface area (Å²) in [6.45, 7) is 2.41. The lowest BCUT2D eigenvalue weighted by Crippen LogP contribution is -2.40. The Balaban J connectivity index is 1.38. The molecule has 1 fully saturated rings. The fraction of sp³-hybridized carbons (Fsp3) is 0.304. The molecule has 1 aromatic heterocycles. The number of halogens is 2. The Labute approximate surface area is 188 Å². The third kappa shape index (κ3) is 5.04. The standard InChI is InChI=1S/C23H21F2N3O3S/c1-14(29)15-7-8-20(19(25)11-15)32-13-21(30)28-9-3-5-17(12-28)23-26-22(27-31-23)16-4-2-6-18(24)10-16/h2,4,6-8,10-11,17H,3,5,9,12-13H2,1H3/t17-/m1/s1. The average molecular weight is 458 g/mol. The van der Waals surface area contributed by atoms with Crippen molar-refractivity contribution in [2.75, 3.05) is 18.8 Å². The molecule has 0 spiro atoms. The van der Waals surface area contributed by atoms with Crippen LogP contribution in [0.2, 0.25) is 0 Å². The third-order valence-electron chi connectivity index (χ3n) is 5.34. The highest BCUT2D eigenvalue weighted by atomic mass is 32.2. The number of hydrogen-bond acceptors (Lipinski definition) is 6. The van der Waals surface area contributed by atoms with Crippen LogP contribution in [0.3, 0.4) is 0 Å². The van der Waals surface area contributed by atoms with Gasteiger partial charge in [-0.2, -0.15) is 4.98 Å². The highest BCUT2D eigenvalue weighted by Gasteiger charge is 2.29. The minimum Gasteiger partial charge on any atom is -0.341 e. The van der Waals surface area contributed by atoms with E-state index in [0.717, 1.165) is 24.6 Å². The van der Waals surface area contributed by atoms with Gasteiger partial charge >= 0.3 is 0 Å². The fourth-order valence-corrected chi connectivity index (χ4v) is 4.44. The third-order valence-corrected chi connectivity index (χ3v) is 6.37. The number of nitrogens with zero attached hydrogens (tertiary/aromatic N) is 3. The number of likely N-dealkylation sites (tertiary alicyclic amines) is 1. The van der Waals surface area contributed by atoms with E-state index >= 15 is 0 Å². The number of aromatic nitrogens is 2. The second-order valence-corrected chi connectivity index (χ2v) is 8.65. The van der Waals surface area contributed by atoms with E-state index in [0.29, 0.717) is 40.8 Å². The van der Waals surface area contributed by atoms with Gasteiger partial charge in [0.1, 0.15) is 11.6 Å². The number of carbonyl (C=O) groups excluding carboxylic acids is 2. The first-order valence-electron chi connectivity index (χ1n) is 10.2. The quantitative estimate of drug-likeness (QED) is 0.394. The first-order chi connectivity index (χ1) is 15.4. The fourth-order valence-electron chi connectivity index (χ4n) is 3.62. The summed E-state index contributed by atoms with van der Waals surface area (Å²) in [5.74, 6) is -0.517. The van der Waals surface area contributed by atoms with Crippen LogP contribution in [-0.2, 0) is 4.79 Å². The Hall–Kier alpha value is -3.07. The van der Waals surface area contributed by atoms with E-state index in [4.69, 9.17) is 4.52 Å². The van der Waals surface area contributed by atoms with Crippen molar-refractivity contribution in [2.24, 2.45) is 0 Å². The summed E-state index contributed by atoms with van der Waals surface area (Å²) in [6, 6.07) is 10.2. The Kier molecular flexibility index (Phi) is 6.64. The summed E-state index contributed by atoms with van der Waals surface area (Å²) in [4.78, 5) is 30.5. The number of benzene rings is 2. The van der Waals surface area contributed by atoms with Crippen molar-refractivity contribution < 1.29 is 22.9 Å². The highest BCUT2D eigenvalue weighted by molar-refractivity contribution is 8.00. The van der Waals surface area contributed by atoms with E-state index in [1.807, 2.05) is 0 Å². The van der Waals surface area contributed by atoms with Crippen molar-refractivity contribution in [3.05, 3.63) is 65.6 Å². The first-order valence-corrected chi connectivity index (χ1v) is 11.2. The molecule has 1 aliphatic heterocycles. The molecule has 2 heterocycles. The average Bonchev–Trinajstić information content (AvgIpc) is 3.28. The molecule has 1 saturated heterocycles. The minimum absolute atomic E-state index is 0.0848. The maximum absolute atomic E-state index is 14.2. The molecule has 0 radical (unpaired) electrons. The van der Waals surface area contributed by atoms with Gasteiger partial charge < -0.3 is 9.42 Å². The molecule has 32 heavy (non-hydrogen) atoms. The van der Waals surface area contributed by atoms with Crippen LogP contribution in [0.25, 0.3) is 11.4 Å². The smallest absolute Gasteiger partial charge is 0.232 e. The normalized spacial score (nSPS) is 16.2. The molecule has 4 rings (SSSR count). The van der Waals surface area contributed by atoms with Gasteiger partial charge in [-0.05, 0) is 44.0 Å². The van der Waals surface area contributed by atoms with Crippen LogP contribution >= 0.6 is 11.8 Å². The zero-order valence-electron chi connectivity index (χ0n) is 17.4. The van der Waals surface area contributed by atoms with E-state index in [1.165, 1.54) is 31.2 Å². The van der Waals surface area contributed by atoms with Gasteiger partial charge in [0.05, 0.1) is 11.7 Å². The van der Waals surface area contributed by atoms with Crippen LogP contribution in [0.15, 0.2) is 51.9 Å². The lowest BCUT2D eigenvalue weighted by atomic mass is 9.98. The number of thioether (sulfide) groups is 1. The predicted octanol–water partition coefficient (Wildman–Crippen LogP) is 4.72. The van der Waals surface area contributed by atoms with Gasteiger partial charge in [-0.25, -0.2) is 8.78 Å². The topological polar surface area (TPSA) is 76.3 Å². The van der Waals surface area contributed by atoms with Crippen molar-refractivity contribution in [1.82, 2.24) is 15.0 Å². The van der Waals surface area contributed by atoms with E-state index in [-0.39, 0.29) is 29.2 Å². The van der Waals surface area contributed by atoms with E-state index in [9.17, 15) is 18.4 Å². The number of amides is 1. The highest BCUT2D eigenvalue weighted by Crippen LogP contribution is 2.29. The number of rotatable bonds is 6. The molecule has 0 saturated carbocycles. The van der Waals surface area contributed by atoms with Crippen molar-refractivity contribution in [1.29, 1.82) is 0 Å². The van der Waals surface area contributed by atoms with Gasteiger partial charge in [0.25, 0.3) is 0 Å². The van der Waals surface area contributed by atoms with Gasteiger partial charge in [-0.3, -0.25) is 9.59 Å². The molecule has 0 aliphatic carbocycles. The number of ketones is 1. The molecule has 9 heteroatoms. The van der Waals surface area contributed by atoms with Gasteiger partial charge in [0, 0.05) is 29.1 Å². The van der Waals surface area contributed by atoms with Gasteiger partial charge in [0.2, 0.25) is 17.6 Å². The Morgan fingerprint density at radius 1 is 1.22 bits per heavy atom. The molecule has 1 atom stereocenters. The number of Topliss-reactive ketones (excluding diaryl/α,β-unsaturated/α-hetero) is 1. The van der Waals surface area contributed by atoms with Crippen LogP contribution in [0.5, 0.6) is 0 Å². The Bertz CT molecular complexity index is 1150. The molecule has 0 bridgehead atoms. The van der Waals surface area contributed by atoms with Crippen molar-refractivity contribution in [2.45, 2.75) is 30.6 Å². The van der Waals surface area contributed by atoms with Crippen LogP contribution in [-0.4, -0.2) is 45.6 Å². The molecule has 0 unspecified atom stereocenters. The van der Waals surface area contributed by atoms with E-state index in [2.05, 4.69) is 10.1 Å². The number of piperidine rings is 1. The molecule has 6 nitrogen and oxygen atoms in total. The summed E-state index contributed by atoms with van der Waals surface area (Å²) in [6.07, 6.45) is 1.57. The van der Waals surface area contributed by atoms with Crippen LogP contribution in [0.1, 0.15) is 41.9 Å². The second kappa shape index (κ2) is 9.60. The predicted molar refractivity (Wildman–Crippen MR) is 115 cm³/mol. The molecular weight excluding hydrogens is 436 g/mol. The van der Waals surface area contributed by atoms with Crippen LogP contribution in [0.4, 0.5) is 8.78 Å². The van der Waals surface area contributed by atoms with Gasteiger partial charge in [-0.15, -0.1) is 11.8 Å². The van der Waals surface area contributed by atoms with Gasteiger partial charge in [-0.1, -0.05) is 23.4 Å². The summed E-state index contributed by atoms with van der Waals surface area (Å²) in [5.41, 5.74) is 0.826. The first kappa shape index (κ1) is 22.1. The minimum atomic E-state index is -0.511. The monoisotopic (exact) mass is 457 g/mol. The van der Waals surface area contributed by atoms with Crippen molar-refractivity contribution in [3.63, 3.8) is 0 Å². The molecule has 1 aliphatic rings. The summed E-state index contributed by atoms with van der Waals surface area (Å²) in [7, 11) is 0. The number of carbonyl (C=O) groups is 2. The molecule has 2 aromatic carbocycles. The zero-order chi connectivity index (χ0) is 22.7. The summed E-state index contributed by atoms with van der Waals surface area (Å²) in [5, 5.41) is 3.95. The van der Waals surface area contributed by atoms with Crippen molar-refractivity contribution in [3.8, 4) is 11.4 Å². The number of hydrogen-bond donors (Lipinski definition) is 0. The SMILES string of the molecule is CC(=O)c1ccc(SCC(=O)N2CCC[C@@H](c3nc(-c4cccc(F)c4)no3)C2)c(F)c1. The lowest BCUT2D eigenvalue weighted by molar-refractivity contribution is -0.129. The molecule has 3 aromatic rings. The zero-order valence-corrected chi connectivity index (χ0v) is 18.2. The van der Waals surface area contributed by atoms with E-state index < -0.39 is 5.82 Å². The second-order valence-electron chi connectivity index (χ2n) is 7.64. The summed E-state index contributed by atoms with van der Waals surface area (Å²) < 4.78 is 33.1. The molecule has 1 amide bonds. The summed E-state index contributed by atoms with van der Waals surface area (Å²) >= 11 is 1.10. The molecular formula is C23H21F2N3O3S. The Morgan fingerprint density at radius 3 is 2.81 bits per heavy atom. The molecule has 0 N–H and O–H groups in total. The lowest BCUT2D eigenvalue weighted by Gasteiger charge is -2.31. The molecule has 166 valence electrons. The van der Waals surface area contributed by atoms with E-state index in [1.54, 1.807) is 23.1 Å². The maximum atomic E-state index is 14.2. The van der Waals surface area contributed by atoms with Gasteiger partial charge in [0.15, 0.2) is 5.78 Å². The van der Waals surface area contributed by atoms with Crippen molar-refractivity contribution >= 4 is 23.5 Å². The maximum Gasteiger partial charge on any atom is 0.232 e.